The lowest BCUT2D eigenvalue weighted by molar-refractivity contribution is 0.0218. The van der Waals surface area contributed by atoms with Gasteiger partial charge in [-0.25, -0.2) is 4.98 Å². The van der Waals surface area contributed by atoms with Crippen LogP contribution in [0, 0.1) is 0 Å². The number of nitrogens with one attached hydrogen (secondary N) is 2. The van der Waals surface area contributed by atoms with Crippen LogP contribution in [-0.4, -0.2) is 29.2 Å². The van der Waals surface area contributed by atoms with Crippen LogP contribution >= 0.6 is 0 Å². The van der Waals surface area contributed by atoms with E-state index in [0.29, 0.717) is 23.3 Å². The molecule has 0 aliphatic carbocycles. The highest BCUT2D eigenvalue weighted by Crippen LogP contribution is 2.09. The van der Waals surface area contributed by atoms with Gasteiger partial charge in [-0.2, -0.15) is 0 Å². The number of para-hydroxylation sites is 1. The van der Waals surface area contributed by atoms with Crippen molar-refractivity contribution in [3.63, 3.8) is 0 Å². The largest absolute Gasteiger partial charge is 0.369 e. The van der Waals surface area contributed by atoms with Crippen LogP contribution in [-0.2, 0) is 11.3 Å². The number of aromatic nitrogens is 2. The van der Waals surface area contributed by atoms with Crippen LogP contribution in [0.3, 0.4) is 0 Å². The first kappa shape index (κ1) is 12.3. The minimum Gasteiger partial charge on any atom is -0.369 e. The molecule has 2 N–H and O–H groups in total. The molecule has 2 aromatic rings. The number of fused-ring (bicyclic) bond motifs is 1. The van der Waals surface area contributed by atoms with Crippen LogP contribution < -0.4 is 10.9 Å². The van der Waals surface area contributed by atoms with Gasteiger partial charge >= 0.3 is 0 Å². The lowest BCUT2D eigenvalue weighted by Gasteiger charge is -2.22. The fraction of sp³-hybridized carbons (Fsp3) is 0.429. The summed E-state index contributed by atoms with van der Waals surface area (Å²) in [6.45, 7) is 2.29. The molecule has 0 radical (unpaired) electrons. The maximum Gasteiger partial charge on any atom is 0.258 e. The van der Waals surface area contributed by atoms with Gasteiger partial charge in [0.05, 0.1) is 17.0 Å². The molecule has 100 valence electrons. The standard InChI is InChI=1S/C14H17N3O2/c18-14-11-5-1-2-6-12(11)16-13(17-14)9-19-10-4-3-7-15-8-10/h1-2,5-6,10,15H,3-4,7-9H2,(H,16,17,18). The van der Waals surface area contributed by atoms with E-state index < -0.39 is 0 Å². The fourth-order valence-electron chi connectivity index (χ4n) is 2.36. The topological polar surface area (TPSA) is 67.0 Å². The quantitative estimate of drug-likeness (QED) is 0.869. The van der Waals surface area contributed by atoms with E-state index in [2.05, 4.69) is 15.3 Å². The summed E-state index contributed by atoms with van der Waals surface area (Å²) in [6.07, 6.45) is 2.41. The molecule has 0 amide bonds. The van der Waals surface area contributed by atoms with Crippen LogP contribution in [0.2, 0.25) is 0 Å². The van der Waals surface area contributed by atoms with Crippen molar-refractivity contribution in [3.05, 3.63) is 40.4 Å². The normalized spacial score (nSPS) is 19.7. The van der Waals surface area contributed by atoms with Crippen LogP contribution in [0.5, 0.6) is 0 Å². The Balaban J connectivity index is 1.75. The van der Waals surface area contributed by atoms with E-state index in [1.54, 1.807) is 6.07 Å². The minimum absolute atomic E-state index is 0.106. The lowest BCUT2D eigenvalue weighted by Crippen LogP contribution is -2.35. The van der Waals surface area contributed by atoms with Gasteiger partial charge in [-0.05, 0) is 31.5 Å². The molecule has 1 aromatic carbocycles. The van der Waals surface area contributed by atoms with Crippen molar-refractivity contribution in [2.75, 3.05) is 13.1 Å². The van der Waals surface area contributed by atoms with Gasteiger partial charge in [0.1, 0.15) is 12.4 Å². The van der Waals surface area contributed by atoms with Gasteiger partial charge < -0.3 is 15.0 Å². The molecule has 1 aliphatic heterocycles. The highest BCUT2D eigenvalue weighted by atomic mass is 16.5. The number of rotatable bonds is 3. The Labute approximate surface area is 111 Å². The minimum atomic E-state index is -0.106. The smallest absolute Gasteiger partial charge is 0.258 e. The predicted molar refractivity (Wildman–Crippen MR) is 73.0 cm³/mol. The fourth-order valence-corrected chi connectivity index (χ4v) is 2.36. The molecule has 0 bridgehead atoms. The van der Waals surface area contributed by atoms with Gasteiger partial charge in [0, 0.05) is 6.54 Å². The maximum atomic E-state index is 11.9. The number of hydrogen-bond acceptors (Lipinski definition) is 4. The second-order valence-electron chi connectivity index (χ2n) is 4.81. The Kier molecular flexibility index (Phi) is 3.57. The molecular weight excluding hydrogens is 242 g/mol. The zero-order valence-electron chi connectivity index (χ0n) is 10.7. The monoisotopic (exact) mass is 259 g/mol. The molecule has 2 heterocycles. The highest BCUT2D eigenvalue weighted by molar-refractivity contribution is 5.77. The SMILES string of the molecule is O=c1[nH]c(COC2CCCNC2)nc2ccccc12. The summed E-state index contributed by atoms with van der Waals surface area (Å²) in [5.74, 6) is 0.592. The summed E-state index contributed by atoms with van der Waals surface area (Å²) in [5.41, 5.74) is 0.609. The molecule has 1 fully saturated rings. The summed E-state index contributed by atoms with van der Waals surface area (Å²) in [4.78, 5) is 19.1. The molecule has 1 unspecified atom stereocenters. The van der Waals surface area contributed by atoms with E-state index in [0.717, 1.165) is 25.9 Å². The molecule has 1 saturated heterocycles. The van der Waals surface area contributed by atoms with Gasteiger partial charge in [0.2, 0.25) is 0 Å². The molecule has 0 spiro atoms. The van der Waals surface area contributed by atoms with E-state index >= 15 is 0 Å². The number of ether oxygens (including phenoxy) is 1. The van der Waals surface area contributed by atoms with Gasteiger partial charge in [0.25, 0.3) is 5.56 Å². The van der Waals surface area contributed by atoms with Crippen molar-refractivity contribution < 1.29 is 4.74 Å². The van der Waals surface area contributed by atoms with Gasteiger partial charge in [-0.1, -0.05) is 12.1 Å². The maximum absolute atomic E-state index is 11.9. The Hall–Kier alpha value is -1.72. The van der Waals surface area contributed by atoms with E-state index in [-0.39, 0.29) is 11.7 Å². The van der Waals surface area contributed by atoms with Crippen molar-refractivity contribution in [1.29, 1.82) is 0 Å². The summed E-state index contributed by atoms with van der Waals surface area (Å²) in [6, 6.07) is 7.33. The molecule has 19 heavy (non-hydrogen) atoms. The summed E-state index contributed by atoms with van der Waals surface area (Å²) >= 11 is 0. The van der Waals surface area contributed by atoms with Crippen molar-refractivity contribution in [3.8, 4) is 0 Å². The number of H-pyrrole nitrogens is 1. The van der Waals surface area contributed by atoms with Gasteiger partial charge in [-0.3, -0.25) is 4.79 Å². The second-order valence-corrected chi connectivity index (χ2v) is 4.81. The van der Waals surface area contributed by atoms with E-state index in [4.69, 9.17) is 4.74 Å². The summed E-state index contributed by atoms with van der Waals surface area (Å²) in [5, 5.41) is 3.91. The van der Waals surface area contributed by atoms with Crippen molar-refractivity contribution in [1.82, 2.24) is 15.3 Å². The van der Waals surface area contributed by atoms with Crippen molar-refractivity contribution in [2.45, 2.75) is 25.6 Å². The molecule has 1 aliphatic rings. The lowest BCUT2D eigenvalue weighted by atomic mass is 10.1. The van der Waals surface area contributed by atoms with E-state index in [1.165, 1.54) is 0 Å². The zero-order chi connectivity index (χ0) is 13.1. The van der Waals surface area contributed by atoms with Crippen LogP contribution in [0.15, 0.2) is 29.1 Å². The van der Waals surface area contributed by atoms with Crippen molar-refractivity contribution >= 4 is 10.9 Å². The highest BCUT2D eigenvalue weighted by Gasteiger charge is 2.13. The number of nitrogens with zero attached hydrogens (tertiary/aromatic N) is 1. The first-order valence-electron chi connectivity index (χ1n) is 6.63. The molecule has 1 aromatic heterocycles. The third-order valence-corrected chi connectivity index (χ3v) is 3.37. The number of piperidine rings is 1. The molecule has 0 saturated carbocycles. The average Bonchev–Trinajstić information content (AvgIpc) is 2.46. The number of benzene rings is 1. The van der Waals surface area contributed by atoms with Crippen LogP contribution in [0.25, 0.3) is 10.9 Å². The second kappa shape index (κ2) is 5.50. The van der Waals surface area contributed by atoms with Crippen molar-refractivity contribution in [2.24, 2.45) is 0 Å². The summed E-state index contributed by atoms with van der Waals surface area (Å²) < 4.78 is 5.78. The number of hydrogen-bond donors (Lipinski definition) is 2. The number of aromatic amines is 1. The van der Waals surface area contributed by atoms with E-state index in [9.17, 15) is 4.79 Å². The zero-order valence-corrected chi connectivity index (χ0v) is 10.7. The third kappa shape index (κ3) is 2.83. The first-order valence-corrected chi connectivity index (χ1v) is 6.63. The Morgan fingerprint density at radius 1 is 1.37 bits per heavy atom. The molecule has 3 rings (SSSR count). The third-order valence-electron chi connectivity index (χ3n) is 3.37. The van der Waals surface area contributed by atoms with Crippen LogP contribution in [0.1, 0.15) is 18.7 Å². The molecule has 5 nitrogen and oxygen atoms in total. The average molecular weight is 259 g/mol. The van der Waals surface area contributed by atoms with Gasteiger partial charge in [-0.15, -0.1) is 0 Å². The Morgan fingerprint density at radius 3 is 3.11 bits per heavy atom. The van der Waals surface area contributed by atoms with E-state index in [1.807, 2.05) is 18.2 Å². The molecule has 1 atom stereocenters. The predicted octanol–water partition coefficient (Wildman–Crippen LogP) is 1.19. The molecular formula is C14H17N3O2. The summed E-state index contributed by atoms with van der Waals surface area (Å²) in [7, 11) is 0. The Bertz CT molecular complexity index is 617. The molecule has 5 heteroatoms. The Morgan fingerprint density at radius 2 is 2.26 bits per heavy atom. The first-order chi connectivity index (χ1) is 9.33. The van der Waals surface area contributed by atoms with Crippen LogP contribution in [0.4, 0.5) is 0 Å². The van der Waals surface area contributed by atoms with Gasteiger partial charge in [0.15, 0.2) is 0 Å².